The number of aliphatic hydroxyl groups is 1. The molecule has 21 heavy (non-hydrogen) atoms. The standard InChI is InChI=1S/C18H18BrFO/c19-15-7-8-17(20)14(10-15)11-18(12-21)9-3-5-13-4-1-2-6-16(13)18/h1-2,4,6-8,10,21H,3,5,9,11-12H2. The lowest BCUT2D eigenvalue weighted by Gasteiger charge is -2.38. The van der Waals surface area contributed by atoms with Gasteiger partial charge in [-0.2, -0.15) is 0 Å². The Bertz CT molecular complexity index is 655. The van der Waals surface area contributed by atoms with Crippen LogP contribution in [0.3, 0.4) is 0 Å². The number of aliphatic hydroxyl groups excluding tert-OH is 1. The zero-order valence-corrected chi connectivity index (χ0v) is 13.4. The van der Waals surface area contributed by atoms with E-state index in [1.54, 1.807) is 6.07 Å². The van der Waals surface area contributed by atoms with Crippen molar-refractivity contribution in [1.82, 2.24) is 0 Å². The Kier molecular flexibility index (Phi) is 4.14. The van der Waals surface area contributed by atoms with Crippen molar-refractivity contribution in [2.45, 2.75) is 31.1 Å². The predicted octanol–water partition coefficient (Wildman–Crippen LogP) is 4.40. The molecule has 1 N–H and O–H groups in total. The van der Waals surface area contributed by atoms with E-state index in [-0.39, 0.29) is 17.8 Å². The van der Waals surface area contributed by atoms with Gasteiger partial charge < -0.3 is 5.11 Å². The zero-order valence-electron chi connectivity index (χ0n) is 11.8. The summed E-state index contributed by atoms with van der Waals surface area (Å²) in [6.07, 6.45) is 3.50. The van der Waals surface area contributed by atoms with Crippen LogP contribution in [0.15, 0.2) is 46.9 Å². The summed E-state index contributed by atoms with van der Waals surface area (Å²) < 4.78 is 15.0. The molecule has 1 atom stereocenters. The Hall–Kier alpha value is -1.19. The van der Waals surface area contributed by atoms with Crippen LogP contribution in [0.5, 0.6) is 0 Å². The van der Waals surface area contributed by atoms with Gasteiger partial charge in [0.15, 0.2) is 0 Å². The second-order valence-electron chi connectivity index (χ2n) is 5.86. The molecule has 3 rings (SSSR count). The van der Waals surface area contributed by atoms with E-state index in [2.05, 4.69) is 28.1 Å². The van der Waals surface area contributed by atoms with Crippen molar-refractivity contribution in [2.24, 2.45) is 0 Å². The van der Waals surface area contributed by atoms with Crippen LogP contribution in [-0.4, -0.2) is 11.7 Å². The van der Waals surface area contributed by atoms with Gasteiger partial charge in [-0.25, -0.2) is 4.39 Å². The van der Waals surface area contributed by atoms with E-state index in [1.807, 2.05) is 18.2 Å². The van der Waals surface area contributed by atoms with Crippen LogP contribution in [0.1, 0.15) is 29.5 Å². The third-order valence-electron chi connectivity index (χ3n) is 4.53. The van der Waals surface area contributed by atoms with Crippen molar-refractivity contribution in [2.75, 3.05) is 6.61 Å². The molecule has 0 aliphatic heterocycles. The number of hydrogen-bond donors (Lipinski definition) is 1. The summed E-state index contributed by atoms with van der Waals surface area (Å²) in [5.74, 6) is -0.200. The van der Waals surface area contributed by atoms with E-state index in [0.717, 1.165) is 23.7 Å². The number of benzene rings is 2. The highest BCUT2D eigenvalue weighted by Gasteiger charge is 2.36. The van der Waals surface area contributed by atoms with Gasteiger partial charge in [0.05, 0.1) is 6.61 Å². The fourth-order valence-corrected chi connectivity index (χ4v) is 3.86. The SMILES string of the molecule is OCC1(Cc2cc(Br)ccc2F)CCCc2ccccc21. The number of rotatable bonds is 3. The molecule has 0 heterocycles. The van der Waals surface area contributed by atoms with Gasteiger partial charge in [0, 0.05) is 9.89 Å². The molecule has 0 aromatic heterocycles. The Morgan fingerprint density at radius 3 is 2.81 bits per heavy atom. The zero-order chi connectivity index (χ0) is 14.9. The molecule has 3 heteroatoms. The third kappa shape index (κ3) is 2.77. The number of fused-ring (bicyclic) bond motifs is 1. The van der Waals surface area contributed by atoms with Gasteiger partial charge in [-0.15, -0.1) is 0 Å². The lowest BCUT2D eigenvalue weighted by molar-refractivity contribution is 0.172. The van der Waals surface area contributed by atoms with E-state index in [0.29, 0.717) is 12.0 Å². The molecule has 1 aliphatic carbocycles. The molecule has 2 aromatic carbocycles. The van der Waals surface area contributed by atoms with Gasteiger partial charge in [-0.1, -0.05) is 40.2 Å². The summed E-state index contributed by atoms with van der Waals surface area (Å²) in [6.45, 7) is 0.0516. The van der Waals surface area contributed by atoms with Crippen LogP contribution in [0.4, 0.5) is 4.39 Å². The van der Waals surface area contributed by atoms with Crippen LogP contribution < -0.4 is 0 Å². The van der Waals surface area contributed by atoms with Crippen molar-refractivity contribution in [3.8, 4) is 0 Å². The first-order valence-corrected chi connectivity index (χ1v) is 8.07. The predicted molar refractivity (Wildman–Crippen MR) is 85.9 cm³/mol. The van der Waals surface area contributed by atoms with Crippen molar-refractivity contribution < 1.29 is 9.50 Å². The highest BCUT2D eigenvalue weighted by atomic mass is 79.9. The molecule has 0 saturated heterocycles. The second-order valence-corrected chi connectivity index (χ2v) is 6.78. The van der Waals surface area contributed by atoms with E-state index < -0.39 is 0 Å². The van der Waals surface area contributed by atoms with Gasteiger partial charge in [-0.05, 0) is 60.6 Å². The van der Waals surface area contributed by atoms with Crippen molar-refractivity contribution in [3.05, 3.63) is 69.4 Å². The molecular formula is C18H18BrFO. The smallest absolute Gasteiger partial charge is 0.126 e. The molecule has 1 nitrogen and oxygen atoms in total. The van der Waals surface area contributed by atoms with E-state index in [4.69, 9.17) is 0 Å². The van der Waals surface area contributed by atoms with Crippen LogP contribution in [0.25, 0.3) is 0 Å². The van der Waals surface area contributed by atoms with Gasteiger partial charge in [0.25, 0.3) is 0 Å². The topological polar surface area (TPSA) is 20.2 Å². The van der Waals surface area contributed by atoms with Crippen LogP contribution in [-0.2, 0) is 18.3 Å². The normalized spacial score (nSPS) is 21.1. The highest BCUT2D eigenvalue weighted by molar-refractivity contribution is 9.10. The molecular weight excluding hydrogens is 331 g/mol. The lowest BCUT2D eigenvalue weighted by atomic mass is 9.67. The average molecular weight is 349 g/mol. The average Bonchev–Trinajstić information content (AvgIpc) is 2.51. The molecule has 0 saturated carbocycles. The van der Waals surface area contributed by atoms with Crippen LogP contribution in [0.2, 0.25) is 0 Å². The van der Waals surface area contributed by atoms with Gasteiger partial charge >= 0.3 is 0 Å². The van der Waals surface area contributed by atoms with Crippen LogP contribution in [0, 0.1) is 5.82 Å². The fraction of sp³-hybridized carbons (Fsp3) is 0.333. The maximum absolute atomic E-state index is 14.1. The minimum Gasteiger partial charge on any atom is -0.395 e. The molecule has 0 amide bonds. The Balaban J connectivity index is 2.04. The van der Waals surface area contributed by atoms with Crippen molar-refractivity contribution >= 4 is 15.9 Å². The van der Waals surface area contributed by atoms with Crippen molar-refractivity contribution in [1.29, 1.82) is 0 Å². The maximum Gasteiger partial charge on any atom is 0.126 e. The Labute approximate surface area is 132 Å². The first kappa shape index (κ1) is 14.7. The van der Waals surface area contributed by atoms with Crippen LogP contribution >= 0.6 is 15.9 Å². The largest absolute Gasteiger partial charge is 0.395 e. The summed E-state index contributed by atoms with van der Waals surface area (Å²) in [4.78, 5) is 0. The molecule has 110 valence electrons. The summed E-state index contributed by atoms with van der Waals surface area (Å²) in [7, 11) is 0. The Morgan fingerprint density at radius 2 is 2.00 bits per heavy atom. The van der Waals surface area contributed by atoms with Gasteiger partial charge in [-0.3, -0.25) is 0 Å². The number of hydrogen-bond acceptors (Lipinski definition) is 1. The van der Waals surface area contributed by atoms with Gasteiger partial charge in [0.1, 0.15) is 5.82 Å². The molecule has 2 aromatic rings. The quantitative estimate of drug-likeness (QED) is 0.871. The summed E-state index contributed by atoms with van der Waals surface area (Å²) in [5.41, 5.74) is 2.76. The molecule has 0 spiro atoms. The summed E-state index contributed by atoms with van der Waals surface area (Å²) in [6, 6.07) is 13.3. The summed E-state index contributed by atoms with van der Waals surface area (Å²) in [5, 5.41) is 10.1. The number of aryl methyl sites for hydroxylation is 1. The first-order valence-electron chi connectivity index (χ1n) is 7.28. The molecule has 1 aliphatic rings. The maximum atomic E-state index is 14.1. The summed E-state index contributed by atoms with van der Waals surface area (Å²) >= 11 is 3.40. The Morgan fingerprint density at radius 1 is 1.19 bits per heavy atom. The van der Waals surface area contributed by atoms with E-state index in [9.17, 15) is 9.50 Å². The third-order valence-corrected chi connectivity index (χ3v) is 5.02. The van der Waals surface area contributed by atoms with Crippen molar-refractivity contribution in [3.63, 3.8) is 0 Å². The molecule has 0 radical (unpaired) electrons. The molecule has 1 unspecified atom stereocenters. The molecule has 0 fully saturated rings. The lowest BCUT2D eigenvalue weighted by Crippen LogP contribution is -2.37. The van der Waals surface area contributed by atoms with Gasteiger partial charge in [0.2, 0.25) is 0 Å². The number of halogens is 2. The molecule has 0 bridgehead atoms. The minimum absolute atomic E-state index is 0.0516. The van der Waals surface area contributed by atoms with E-state index in [1.165, 1.54) is 17.2 Å². The first-order chi connectivity index (χ1) is 10.1. The highest BCUT2D eigenvalue weighted by Crippen LogP contribution is 2.40. The second kappa shape index (κ2) is 5.90. The minimum atomic E-state index is -0.365. The van der Waals surface area contributed by atoms with E-state index >= 15 is 0 Å². The fourth-order valence-electron chi connectivity index (χ4n) is 3.45. The monoisotopic (exact) mass is 348 g/mol.